The van der Waals surface area contributed by atoms with Crippen molar-refractivity contribution < 1.29 is 9.47 Å². The molecule has 0 fully saturated rings. The Kier molecular flexibility index (Phi) is 6.38. The van der Waals surface area contributed by atoms with Crippen LogP contribution in [0, 0.1) is 0 Å². The van der Waals surface area contributed by atoms with E-state index < -0.39 is 0 Å². The number of allylic oxidation sites excluding steroid dienone is 2. The van der Waals surface area contributed by atoms with Crippen molar-refractivity contribution in [1.82, 2.24) is 0 Å². The lowest BCUT2D eigenvalue weighted by molar-refractivity contribution is 0.414. The largest absolute Gasteiger partial charge is 0.497 e. The fourth-order valence-corrected chi connectivity index (χ4v) is 3.23. The Labute approximate surface area is 182 Å². The number of nitrogens with zero attached hydrogens (tertiary/aromatic N) is 2. The van der Waals surface area contributed by atoms with Crippen molar-refractivity contribution in [3.05, 3.63) is 96.1 Å². The van der Waals surface area contributed by atoms with Crippen LogP contribution in [-0.4, -0.2) is 25.6 Å². The van der Waals surface area contributed by atoms with Gasteiger partial charge in [-0.15, -0.1) is 0 Å². The predicted octanol–water partition coefficient (Wildman–Crippen LogP) is 6.68. The van der Waals surface area contributed by atoms with Crippen molar-refractivity contribution in [2.24, 2.45) is 9.98 Å². The number of hydrogen-bond donors (Lipinski definition) is 0. The standard InChI is InChI=1S/C27H24N2O2/c1-30-24-15-9-20(10-16-24)7-13-22-19-23(29-27-6-4-3-5-26(27)28-22)14-8-21-11-17-25(31-2)18-12-21/h3-18H,19H2,1-2H3/b13-7-,14-8-. The van der Waals surface area contributed by atoms with Crippen LogP contribution >= 0.6 is 0 Å². The number of methoxy groups -OCH3 is 2. The van der Waals surface area contributed by atoms with E-state index in [0.29, 0.717) is 6.42 Å². The molecule has 1 heterocycles. The highest BCUT2D eigenvalue weighted by atomic mass is 16.5. The van der Waals surface area contributed by atoms with Gasteiger partial charge in [-0.3, -0.25) is 9.98 Å². The minimum atomic E-state index is 0.647. The molecule has 0 radical (unpaired) electrons. The highest BCUT2D eigenvalue weighted by Crippen LogP contribution is 2.31. The first kappa shape index (κ1) is 20.4. The number of para-hydroxylation sites is 2. The van der Waals surface area contributed by atoms with Crippen LogP contribution in [0.25, 0.3) is 12.2 Å². The lowest BCUT2D eigenvalue weighted by Gasteiger charge is -2.02. The molecule has 3 aromatic carbocycles. The quantitative estimate of drug-likeness (QED) is 0.457. The summed E-state index contributed by atoms with van der Waals surface area (Å²) in [5.41, 5.74) is 5.86. The highest BCUT2D eigenvalue weighted by molar-refractivity contribution is 6.18. The van der Waals surface area contributed by atoms with Gasteiger partial charge >= 0.3 is 0 Å². The Morgan fingerprint density at radius 1 is 0.581 bits per heavy atom. The minimum absolute atomic E-state index is 0.647. The zero-order valence-electron chi connectivity index (χ0n) is 17.7. The maximum atomic E-state index is 5.23. The number of hydrogen-bond acceptors (Lipinski definition) is 4. The van der Waals surface area contributed by atoms with E-state index in [-0.39, 0.29) is 0 Å². The monoisotopic (exact) mass is 408 g/mol. The van der Waals surface area contributed by atoms with Crippen molar-refractivity contribution in [3.63, 3.8) is 0 Å². The molecule has 154 valence electrons. The van der Waals surface area contributed by atoms with Crippen LogP contribution in [0.4, 0.5) is 11.4 Å². The second kappa shape index (κ2) is 9.72. The van der Waals surface area contributed by atoms with E-state index in [4.69, 9.17) is 19.5 Å². The number of benzene rings is 3. The Morgan fingerprint density at radius 3 is 1.39 bits per heavy atom. The summed E-state index contributed by atoms with van der Waals surface area (Å²) >= 11 is 0. The molecule has 4 heteroatoms. The van der Waals surface area contributed by atoms with Crippen molar-refractivity contribution in [1.29, 1.82) is 0 Å². The van der Waals surface area contributed by atoms with Gasteiger partial charge in [0.05, 0.1) is 25.6 Å². The van der Waals surface area contributed by atoms with Crippen LogP contribution in [0.3, 0.4) is 0 Å². The molecule has 0 aliphatic carbocycles. The summed E-state index contributed by atoms with van der Waals surface area (Å²) in [5.74, 6) is 1.69. The van der Waals surface area contributed by atoms with Gasteiger partial charge in [-0.25, -0.2) is 0 Å². The molecule has 0 saturated heterocycles. The van der Waals surface area contributed by atoms with Gasteiger partial charge in [-0.2, -0.15) is 0 Å². The van der Waals surface area contributed by atoms with E-state index in [2.05, 4.69) is 24.3 Å². The molecule has 1 aliphatic heterocycles. The molecule has 1 aliphatic rings. The molecule has 0 atom stereocenters. The first-order chi connectivity index (χ1) is 15.2. The highest BCUT2D eigenvalue weighted by Gasteiger charge is 2.10. The number of rotatable bonds is 6. The maximum Gasteiger partial charge on any atom is 0.118 e. The number of aliphatic imine (C=N–C) groups is 2. The molecule has 0 spiro atoms. The summed E-state index contributed by atoms with van der Waals surface area (Å²) in [6.07, 6.45) is 8.89. The van der Waals surface area contributed by atoms with Crippen LogP contribution in [0.15, 0.2) is 94.9 Å². The molecule has 31 heavy (non-hydrogen) atoms. The van der Waals surface area contributed by atoms with Crippen LogP contribution in [0.1, 0.15) is 17.5 Å². The topological polar surface area (TPSA) is 43.2 Å². The second-order valence-corrected chi connectivity index (χ2v) is 7.08. The maximum absolute atomic E-state index is 5.23. The first-order valence-electron chi connectivity index (χ1n) is 10.1. The third-order valence-electron chi connectivity index (χ3n) is 4.94. The Hall–Kier alpha value is -3.92. The van der Waals surface area contributed by atoms with E-state index >= 15 is 0 Å². The zero-order valence-corrected chi connectivity index (χ0v) is 17.7. The Bertz CT molecular complexity index is 1060. The average molecular weight is 409 g/mol. The van der Waals surface area contributed by atoms with Gasteiger partial charge in [0, 0.05) is 17.8 Å². The van der Waals surface area contributed by atoms with E-state index in [1.54, 1.807) is 14.2 Å². The third-order valence-corrected chi connectivity index (χ3v) is 4.94. The van der Waals surface area contributed by atoms with Gasteiger partial charge in [0.15, 0.2) is 0 Å². The van der Waals surface area contributed by atoms with Gasteiger partial charge in [0.25, 0.3) is 0 Å². The molecule has 4 rings (SSSR count). The first-order valence-corrected chi connectivity index (χ1v) is 10.1. The van der Waals surface area contributed by atoms with Gasteiger partial charge in [-0.05, 0) is 59.7 Å². The summed E-state index contributed by atoms with van der Waals surface area (Å²) in [6, 6.07) is 23.9. The Morgan fingerprint density at radius 2 is 1.00 bits per heavy atom. The number of fused-ring (bicyclic) bond motifs is 1. The minimum Gasteiger partial charge on any atom is -0.497 e. The van der Waals surface area contributed by atoms with Gasteiger partial charge in [-0.1, -0.05) is 48.6 Å². The van der Waals surface area contributed by atoms with Crippen molar-refractivity contribution in [2.45, 2.75) is 6.42 Å². The van der Waals surface area contributed by atoms with E-state index in [0.717, 1.165) is 45.4 Å². The van der Waals surface area contributed by atoms with E-state index in [1.165, 1.54) is 0 Å². The normalized spacial score (nSPS) is 13.5. The lowest BCUT2D eigenvalue weighted by Crippen LogP contribution is -2.01. The molecular weight excluding hydrogens is 384 g/mol. The number of ether oxygens (including phenoxy) is 2. The lowest BCUT2D eigenvalue weighted by atomic mass is 10.1. The molecule has 0 saturated carbocycles. The van der Waals surface area contributed by atoms with Crippen LogP contribution < -0.4 is 9.47 Å². The Balaban J connectivity index is 1.59. The van der Waals surface area contributed by atoms with Crippen molar-refractivity contribution in [3.8, 4) is 11.5 Å². The summed E-state index contributed by atoms with van der Waals surface area (Å²) in [4.78, 5) is 9.71. The predicted molar refractivity (Wildman–Crippen MR) is 129 cm³/mol. The van der Waals surface area contributed by atoms with Crippen molar-refractivity contribution in [2.75, 3.05) is 14.2 Å². The van der Waals surface area contributed by atoms with E-state index in [9.17, 15) is 0 Å². The molecule has 4 nitrogen and oxygen atoms in total. The van der Waals surface area contributed by atoms with Gasteiger partial charge < -0.3 is 9.47 Å². The summed E-state index contributed by atoms with van der Waals surface area (Å²) in [6.45, 7) is 0. The van der Waals surface area contributed by atoms with E-state index in [1.807, 2.05) is 72.8 Å². The molecule has 0 amide bonds. The summed E-state index contributed by atoms with van der Waals surface area (Å²) in [5, 5.41) is 0. The van der Waals surface area contributed by atoms with Gasteiger partial charge in [0.1, 0.15) is 11.5 Å². The fourth-order valence-electron chi connectivity index (χ4n) is 3.23. The van der Waals surface area contributed by atoms with Crippen LogP contribution in [0.2, 0.25) is 0 Å². The SMILES string of the molecule is COc1ccc(/C=C\C2=Nc3ccccc3N=C(/C=C\c3ccc(OC)cc3)C2)cc1. The zero-order chi connectivity index (χ0) is 21.5. The van der Waals surface area contributed by atoms with Gasteiger partial charge in [0.2, 0.25) is 0 Å². The molecule has 0 bridgehead atoms. The van der Waals surface area contributed by atoms with Crippen LogP contribution in [-0.2, 0) is 0 Å². The molecule has 3 aromatic rings. The van der Waals surface area contributed by atoms with Crippen molar-refractivity contribution >= 4 is 35.0 Å². The van der Waals surface area contributed by atoms with Crippen LogP contribution in [0.5, 0.6) is 11.5 Å². The molecule has 0 aromatic heterocycles. The molecule has 0 unspecified atom stereocenters. The molecular formula is C27H24N2O2. The smallest absolute Gasteiger partial charge is 0.118 e. The fraction of sp³-hybridized carbons (Fsp3) is 0.111. The second-order valence-electron chi connectivity index (χ2n) is 7.08. The average Bonchev–Trinajstić information content (AvgIpc) is 3.01. The third kappa shape index (κ3) is 5.37. The summed E-state index contributed by atoms with van der Waals surface area (Å²) in [7, 11) is 3.34. The summed E-state index contributed by atoms with van der Waals surface area (Å²) < 4.78 is 10.5. The molecule has 0 N–H and O–H groups in total.